The van der Waals surface area contributed by atoms with Gasteiger partial charge in [0.25, 0.3) is 0 Å². The third kappa shape index (κ3) is 5.34. The van der Waals surface area contributed by atoms with E-state index in [1.165, 1.54) is 16.7 Å². The van der Waals surface area contributed by atoms with Crippen LogP contribution in [0.15, 0.2) is 28.2 Å². The largest absolute Gasteiger partial charge is 0.383 e. The lowest BCUT2D eigenvalue weighted by molar-refractivity contribution is 0.200. The van der Waals surface area contributed by atoms with Gasteiger partial charge < -0.3 is 10.1 Å². The highest BCUT2D eigenvalue weighted by molar-refractivity contribution is 9.10. The topological polar surface area (TPSA) is 21.3 Å². The fourth-order valence-electron chi connectivity index (χ4n) is 1.69. The highest BCUT2D eigenvalue weighted by atomic mass is 79.9. The lowest BCUT2D eigenvalue weighted by Gasteiger charge is -2.08. The first-order valence-corrected chi connectivity index (χ1v) is 7.12. The van der Waals surface area contributed by atoms with Gasteiger partial charge in [0.05, 0.1) is 6.61 Å². The van der Waals surface area contributed by atoms with Crippen molar-refractivity contribution in [3.8, 4) is 0 Å². The Labute approximate surface area is 119 Å². The molecular weight excluding hydrogens is 290 g/mol. The van der Waals surface area contributed by atoms with E-state index >= 15 is 0 Å². The Balaban J connectivity index is 2.62. The molecule has 1 rings (SSSR count). The van der Waals surface area contributed by atoms with E-state index in [0.717, 1.165) is 30.6 Å². The molecule has 0 atom stereocenters. The molecule has 18 heavy (non-hydrogen) atoms. The monoisotopic (exact) mass is 311 g/mol. The summed E-state index contributed by atoms with van der Waals surface area (Å²) in [6.07, 6.45) is 3.33. The second kappa shape index (κ2) is 8.46. The fraction of sp³-hybridized carbons (Fsp3) is 0.467. The third-order valence-electron chi connectivity index (χ3n) is 2.84. The van der Waals surface area contributed by atoms with Crippen LogP contribution in [0.5, 0.6) is 0 Å². The zero-order chi connectivity index (χ0) is 13.4. The number of halogens is 1. The van der Waals surface area contributed by atoms with Crippen LogP contribution >= 0.6 is 15.9 Å². The van der Waals surface area contributed by atoms with Crippen LogP contribution in [0.1, 0.15) is 24.5 Å². The van der Waals surface area contributed by atoms with Gasteiger partial charge >= 0.3 is 0 Å². The van der Waals surface area contributed by atoms with Crippen molar-refractivity contribution in [2.75, 3.05) is 26.8 Å². The van der Waals surface area contributed by atoms with E-state index in [4.69, 9.17) is 4.74 Å². The van der Waals surface area contributed by atoms with Gasteiger partial charge in [-0.3, -0.25) is 0 Å². The van der Waals surface area contributed by atoms with Crippen LogP contribution < -0.4 is 5.32 Å². The molecule has 0 spiro atoms. The molecule has 2 nitrogen and oxygen atoms in total. The first-order chi connectivity index (χ1) is 8.67. The number of aryl methyl sites for hydroxylation is 1. The highest BCUT2D eigenvalue weighted by Gasteiger charge is 1.98. The van der Waals surface area contributed by atoms with E-state index in [1.807, 2.05) is 0 Å². The van der Waals surface area contributed by atoms with Crippen molar-refractivity contribution in [1.82, 2.24) is 5.32 Å². The Hall–Kier alpha value is -0.640. The second-order valence-corrected chi connectivity index (χ2v) is 5.19. The Morgan fingerprint density at radius 2 is 2.22 bits per heavy atom. The molecule has 0 saturated carbocycles. The molecule has 0 aliphatic carbocycles. The van der Waals surface area contributed by atoms with Gasteiger partial charge in [-0.2, -0.15) is 0 Å². The summed E-state index contributed by atoms with van der Waals surface area (Å²) in [6, 6.07) is 6.45. The summed E-state index contributed by atoms with van der Waals surface area (Å²) in [7, 11) is 1.73. The SMILES string of the molecule is CCC(=Cc1ccc(Br)c(C)c1)CNCCOC. The number of rotatable bonds is 7. The van der Waals surface area contributed by atoms with Crippen LogP contribution in [0.3, 0.4) is 0 Å². The van der Waals surface area contributed by atoms with Gasteiger partial charge in [0, 0.05) is 24.7 Å². The summed E-state index contributed by atoms with van der Waals surface area (Å²) in [5, 5.41) is 3.38. The van der Waals surface area contributed by atoms with Crippen molar-refractivity contribution in [3.05, 3.63) is 39.4 Å². The van der Waals surface area contributed by atoms with Crippen molar-refractivity contribution in [1.29, 1.82) is 0 Å². The van der Waals surface area contributed by atoms with E-state index in [-0.39, 0.29) is 0 Å². The van der Waals surface area contributed by atoms with E-state index in [9.17, 15) is 0 Å². The minimum absolute atomic E-state index is 0.758. The van der Waals surface area contributed by atoms with Gasteiger partial charge in [-0.1, -0.05) is 46.6 Å². The van der Waals surface area contributed by atoms with Gasteiger partial charge in [0.1, 0.15) is 0 Å². The third-order valence-corrected chi connectivity index (χ3v) is 3.73. The van der Waals surface area contributed by atoms with E-state index in [1.54, 1.807) is 7.11 Å². The Morgan fingerprint density at radius 3 is 2.83 bits per heavy atom. The predicted octanol–water partition coefficient (Wildman–Crippen LogP) is 3.79. The van der Waals surface area contributed by atoms with Crippen LogP contribution in [0.2, 0.25) is 0 Å². The normalized spacial score (nSPS) is 11.9. The minimum atomic E-state index is 0.758. The number of methoxy groups -OCH3 is 1. The van der Waals surface area contributed by atoms with Crippen molar-refractivity contribution < 1.29 is 4.74 Å². The average molecular weight is 312 g/mol. The number of hydrogen-bond donors (Lipinski definition) is 1. The summed E-state index contributed by atoms with van der Waals surface area (Å²) in [4.78, 5) is 0. The van der Waals surface area contributed by atoms with E-state index in [0.29, 0.717) is 0 Å². The van der Waals surface area contributed by atoms with Gasteiger partial charge in [-0.15, -0.1) is 0 Å². The molecule has 0 bridgehead atoms. The molecule has 0 fully saturated rings. The van der Waals surface area contributed by atoms with Crippen LogP contribution in [0.4, 0.5) is 0 Å². The summed E-state index contributed by atoms with van der Waals surface area (Å²) in [5.41, 5.74) is 3.94. The van der Waals surface area contributed by atoms with Crippen LogP contribution in [0.25, 0.3) is 6.08 Å². The molecule has 0 radical (unpaired) electrons. The van der Waals surface area contributed by atoms with Gasteiger partial charge in [-0.25, -0.2) is 0 Å². The van der Waals surface area contributed by atoms with Gasteiger partial charge in [0.2, 0.25) is 0 Å². The fourth-order valence-corrected chi connectivity index (χ4v) is 1.94. The molecule has 100 valence electrons. The quantitative estimate of drug-likeness (QED) is 0.774. The molecule has 0 heterocycles. The molecule has 0 aliphatic heterocycles. The maximum Gasteiger partial charge on any atom is 0.0587 e. The predicted molar refractivity (Wildman–Crippen MR) is 81.9 cm³/mol. The molecular formula is C15H22BrNO. The summed E-state index contributed by atoms with van der Waals surface area (Å²) in [6.45, 7) is 6.88. The number of nitrogens with one attached hydrogen (secondary N) is 1. The molecule has 3 heteroatoms. The maximum atomic E-state index is 5.02. The summed E-state index contributed by atoms with van der Waals surface area (Å²) in [5.74, 6) is 0. The van der Waals surface area contributed by atoms with Crippen molar-refractivity contribution in [3.63, 3.8) is 0 Å². The van der Waals surface area contributed by atoms with Crippen molar-refractivity contribution in [2.45, 2.75) is 20.3 Å². The summed E-state index contributed by atoms with van der Waals surface area (Å²) >= 11 is 3.52. The van der Waals surface area contributed by atoms with Crippen molar-refractivity contribution >= 4 is 22.0 Å². The smallest absolute Gasteiger partial charge is 0.0587 e. The van der Waals surface area contributed by atoms with Crippen molar-refractivity contribution in [2.24, 2.45) is 0 Å². The molecule has 1 aromatic rings. The first kappa shape index (κ1) is 15.4. The van der Waals surface area contributed by atoms with E-state index in [2.05, 4.69) is 59.4 Å². The average Bonchev–Trinajstić information content (AvgIpc) is 2.37. The zero-order valence-electron chi connectivity index (χ0n) is 11.4. The molecule has 1 N–H and O–H groups in total. The van der Waals surface area contributed by atoms with E-state index < -0.39 is 0 Å². The first-order valence-electron chi connectivity index (χ1n) is 6.32. The Bertz CT molecular complexity index is 401. The molecule has 0 aromatic heterocycles. The lowest BCUT2D eigenvalue weighted by Crippen LogP contribution is -2.21. The number of ether oxygens (including phenoxy) is 1. The maximum absolute atomic E-state index is 5.02. The minimum Gasteiger partial charge on any atom is -0.383 e. The van der Waals surface area contributed by atoms with Crippen LogP contribution in [0, 0.1) is 6.92 Å². The lowest BCUT2D eigenvalue weighted by atomic mass is 10.1. The molecule has 0 saturated heterocycles. The summed E-state index contributed by atoms with van der Waals surface area (Å²) < 4.78 is 6.18. The zero-order valence-corrected chi connectivity index (χ0v) is 13.0. The van der Waals surface area contributed by atoms with Crippen LogP contribution in [-0.4, -0.2) is 26.8 Å². The Kier molecular flexibility index (Phi) is 7.25. The number of hydrogen-bond acceptors (Lipinski definition) is 2. The standard InChI is InChI=1S/C15H22BrNO/c1-4-13(11-17-7-8-18-3)10-14-5-6-15(16)12(2)9-14/h5-6,9-10,17H,4,7-8,11H2,1-3H3. The van der Waals surface area contributed by atoms with Gasteiger partial charge in [0.15, 0.2) is 0 Å². The highest BCUT2D eigenvalue weighted by Crippen LogP contribution is 2.19. The van der Waals surface area contributed by atoms with Gasteiger partial charge in [-0.05, 0) is 30.5 Å². The molecule has 1 aromatic carbocycles. The van der Waals surface area contributed by atoms with Crippen LogP contribution in [-0.2, 0) is 4.74 Å². The molecule has 0 aliphatic rings. The molecule has 0 amide bonds. The second-order valence-electron chi connectivity index (χ2n) is 4.33. The molecule has 0 unspecified atom stereocenters. The number of benzene rings is 1. The Morgan fingerprint density at radius 1 is 1.44 bits per heavy atom.